The predicted molar refractivity (Wildman–Crippen MR) is 80.6 cm³/mol. The SMILES string of the molecule is CC(C)NC(C)(COc1cc(Br)cc([N+](=O)[O-])c1)C(=O)O. The van der Waals surface area contributed by atoms with E-state index < -0.39 is 16.4 Å². The van der Waals surface area contributed by atoms with Gasteiger partial charge < -0.3 is 9.84 Å². The van der Waals surface area contributed by atoms with Gasteiger partial charge in [-0.15, -0.1) is 0 Å². The van der Waals surface area contributed by atoms with Crippen LogP contribution in [0.5, 0.6) is 5.75 Å². The second-order valence-electron chi connectivity index (χ2n) is 5.13. The first-order chi connectivity index (χ1) is 9.64. The van der Waals surface area contributed by atoms with Crippen LogP contribution < -0.4 is 10.1 Å². The zero-order chi connectivity index (χ0) is 16.2. The molecule has 21 heavy (non-hydrogen) atoms. The number of nitrogens with zero attached hydrogens (tertiary/aromatic N) is 1. The summed E-state index contributed by atoms with van der Waals surface area (Å²) >= 11 is 3.15. The number of halogens is 1. The molecule has 0 radical (unpaired) electrons. The lowest BCUT2D eigenvalue weighted by Gasteiger charge is -2.28. The van der Waals surface area contributed by atoms with Crippen molar-refractivity contribution in [3.05, 3.63) is 32.8 Å². The number of nitrogens with one attached hydrogen (secondary N) is 1. The van der Waals surface area contributed by atoms with Gasteiger partial charge in [-0.1, -0.05) is 15.9 Å². The van der Waals surface area contributed by atoms with Gasteiger partial charge in [0.25, 0.3) is 5.69 Å². The number of non-ortho nitro benzene ring substituents is 1. The number of carboxylic acid groups (broad SMARTS) is 1. The Kier molecular flexibility index (Phi) is 5.68. The average Bonchev–Trinajstić information content (AvgIpc) is 2.34. The molecule has 0 heterocycles. The molecule has 0 saturated carbocycles. The van der Waals surface area contributed by atoms with Crippen molar-refractivity contribution in [2.45, 2.75) is 32.4 Å². The highest BCUT2D eigenvalue weighted by Crippen LogP contribution is 2.26. The summed E-state index contributed by atoms with van der Waals surface area (Å²) in [6.07, 6.45) is 0. The van der Waals surface area contributed by atoms with Crippen LogP contribution in [0.2, 0.25) is 0 Å². The van der Waals surface area contributed by atoms with E-state index in [2.05, 4.69) is 21.2 Å². The van der Waals surface area contributed by atoms with Gasteiger partial charge in [0.15, 0.2) is 0 Å². The van der Waals surface area contributed by atoms with Gasteiger partial charge >= 0.3 is 5.97 Å². The molecular weight excluding hydrogens is 344 g/mol. The molecule has 116 valence electrons. The van der Waals surface area contributed by atoms with Crippen LogP contribution in [0, 0.1) is 10.1 Å². The fourth-order valence-corrected chi connectivity index (χ4v) is 2.23. The van der Waals surface area contributed by atoms with Crippen molar-refractivity contribution in [3.63, 3.8) is 0 Å². The molecular formula is C13H17BrN2O5. The van der Waals surface area contributed by atoms with E-state index in [0.717, 1.165) is 0 Å². The molecule has 0 saturated heterocycles. The maximum Gasteiger partial charge on any atom is 0.327 e. The van der Waals surface area contributed by atoms with Crippen molar-refractivity contribution in [2.24, 2.45) is 0 Å². The van der Waals surface area contributed by atoms with Crippen molar-refractivity contribution < 1.29 is 19.6 Å². The Morgan fingerprint density at radius 1 is 1.52 bits per heavy atom. The zero-order valence-electron chi connectivity index (χ0n) is 11.9. The highest BCUT2D eigenvalue weighted by Gasteiger charge is 2.34. The van der Waals surface area contributed by atoms with Crippen LogP contribution in [0.3, 0.4) is 0 Å². The van der Waals surface area contributed by atoms with Gasteiger partial charge in [-0.3, -0.25) is 20.2 Å². The number of carboxylic acids is 1. The lowest BCUT2D eigenvalue weighted by atomic mass is 10.0. The Morgan fingerprint density at radius 3 is 2.62 bits per heavy atom. The molecule has 1 rings (SSSR count). The fourth-order valence-electron chi connectivity index (χ4n) is 1.77. The van der Waals surface area contributed by atoms with E-state index >= 15 is 0 Å². The zero-order valence-corrected chi connectivity index (χ0v) is 13.5. The molecule has 1 atom stereocenters. The third-order valence-electron chi connectivity index (χ3n) is 2.67. The molecule has 8 heteroatoms. The van der Waals surface area contributed by atoms with Crippen LogP contribution in [-0.4, -0.2) is 34.2 Å². The van der Waals surface area contributed by atoms with E-state index in [4.69, 9.17) is 4.74 Å². The van der Waals surface area contributed by atoms with Crippen LogP contribution in [-0.2, 0) is 4.79 Å². The molecule has 1 aromatic carbocycles. The normalized spacial score (nSPS) is 13.8. The largest absolute Gasteiger partial charge is 0.491 e. The first kappa shape index (κ1) is 17.4. The quantitative estimate of drug-likeness (QED) is 0.572. The third kappa shape index (κ3) is 4.98. The van der Waals surface area contributed by atoms with E-state index in [1.807, 2.05) is 13.8 Å². The third-order valence-corrected chi connectivity index (χ3v) is 3.13. The summed E-state index contributed by atoms with van der Waals surface area (Å²) in [6.45, 7) is 4.99. The number of hydrogen-bond acceptors (Lipinski definition) is 5. The molecule has 0 fully saturated rings. The van der Waals surface area contributed by atoms with E-state index in [-0.39, 0.29) is 24.1 Å². The first-order valence-electron chi connectivity index (χ1n) is 6.23. The summed E-state index contributed by atoms with van der Waals surface area (Å²) in [5.41, 5.74) is -1.42. The Balaban J connectivity index is 2.90. The Morgan fingerprint density at radius 2 is 2.14 bits per heavy atom. The lowest BCUT2D eigenvalue weighted by Crippen LogP contribution is -2.56. The molecule has 0 amide bonds. The molecule has 0 aromatic heterocycles. The summed E-state index contributed by atoms with van der Waals surface area (Å²) in [5, 5.41) is 23.0. The minimum absolute atomic E-state index is 0.0495. The maximum atomic E-state index is 11.4. The number of benzene rings is 1. The molecule has 0 bridgehead atoms. The monoisotopic (exact) mass is 360 g/mol. The Labute approximate surface area is 130 Å². The van der Waals surface area contributed by atoms with Crippen LogP contribution in [0.1, 0.15) is 20.8 Å². The van der Waals surface area contributed by atoms with Crippen molar-refractivity contribution in [1.29, 1.82) is 0 Å². The lowest BCUT2D eigenvalue weighted by molar-refractivity contribution is -0.385. The standard InChI is InChI=1S/C13H17BrN2O5/c1-8(2)15-13(3,12(17)18)7-21-11-5-9(14)4-10(6-11)16(19)20/h4-6,8,15H,7H2,1-3H3,(H,17,18). The predicted octanol–water partition coefficient (Wildman–Crippen LogP) is 2.58. The first-order valence-corrected chi connectivity index (χ1v) is 7.02. The number of hydrogen-bond donors (Lipinski definition) is 2. The molecule has 0 aliphatic carbocycles. The topological polar surface area (TPSA) is 102 Å². The second kappa shape index (κ2) is 6.86. The van der Waals surface area contributed by atoms with Gasteiger partial charge in [0.1, 0.15) is 17.9 Å². The number of rotatable bonds is 7. The number of nitro benzene ring substituents is 1. The van der Waals surface area contributed by atoms with E-state index in [9.17, 15) is 20.0 Å². The highest BCUT2D eigenvalue weighted by atomic mass is 79.9. The van der Waals surface area contributed by atoms with Crippen LogP contribution >= 0.6 is 15.9 Å². The van der Waals surface area contributed by atoms with E-state index in [0.29, 0.717) is 4.47 Å². The van der Waals surface area contributed by atoms with Gasteiger partial charge in [0.05, 0.1) is 11.0 Å². The molecule has 7 nitrogen and oxygen atoms in total. The number of nitro groups is 1. The van der Waals surface area contributed by atoms with Crippen molar-refractivity contribution in [1.82, 2.24) is 5.32 Å². The van der Waals surface area contributed by atoms with Gasteiger partial charge in [-0.05, 0) is 26.8 Å². The fraction of sp³-hybridized carbons (Fsp3) is 0.462. The van der Waals surface area contributed by atoms with Crippen molar-refractivity contribution in [3.8, 4) is 5.75 Å². The molecule has 2 N–H and O–H groups in total. The summed E-state index contributed by atoms with van der Waals surface area (Å²) < 4.78 is 5.91. The second-order valence-corrected chi connectivity index (χ2v) is 6.04. The Hall–Kier alpha value is -1.67. The smallest absolute Gasteiger partial charge is 0.327 e. The van der Waals surface area contributed by atoms with Gasteiger partial charge in [-0.2, -0.15) is 0 Å². The van der Waals surface area contributed by atoms with Gasteiger partial charge in [0.2, 0.25) is 0 Å². The minimum atomic E-state index is -1.29. The summed E-state index contributed by atoms with van der Waals surface area (Å²) in [6, 6.07) is 4.09. The van der Waals surface area contributed by atoms with Crippen LogP contribution in [0.15, 0.2) is 22.7 Å². The highest BCUT2D eigenvalue weighted by molar-refractivity contribution is 9.10. The number of aliphatic carboxylic acids is 1. The maximum absolute atomic E-state index is 11.4. The van der Waals surface area contributed by atoms with E-state index in [1.165, 1.54) is 19.1 Å². The van der Waals surface area contributed by atoms with Gasteiger partial charge in [0, 0.05) is 16.6 Å². The molecule has 1 unspecified atom stereocenters. The van der Waals surface area contributed by atoms with E-state index in [1.54, 1.807) is 6.07 Å². The minimum Gasteiger partial charge on any atom is -0.491 e. The summed E-state index contributed by atoms with van der Waals surface area (Å²) in [5.74, 6) is -0.824. The Bertz CT molecular complexity index is 549. The van der Waals surface area contributed by atoms with Crippen LogP contribution in [0.4, 0.5) is 5.69 Å². The number of ether oxygens (including phenoxy) is 1. The van der Waals surface area contributed by atoms with Crippen molar-refractivity contribution in [2.75, 3.05) is 6.61 Å². The molecule has 1 aromatic rings. The van der Waals surface area contributed by atoms with Crippen molar-refractivity contribution >= 4 is 27.6 Å². The average molecular weight is 361 g/mol. The molecule has 0 spiro atoms. The number of carbonyl (C=O) groups is 1. The summed E-state index contributed by atoms with van der Waals surface area (Å²) in [7, 11) is 0. The van der Waals surface area contributed by atoms with Crippen LogP contribution in [0.25, 0.3) is 0 Å². The van der Waals surface area contributed by atoms with Gasteiger partial charge in [-0.25, -0.2) is 0 Å². The molecule has 0 aliphatic heterocycles. The summed E-state index contributed by atoms with van der Waals surface area (Å²) in [4.78, 5) is 21.6. The molecule has 0 aliphatic rings.